The number of methoxy groups -OCH3 is 1. The normalized spacial score (nSPS) is 21.2. The molecule has 4 rings (SSSR count). The molecule has 3 saturated heterocycles. The predicted octanol–water partition coefficient (Wildman–Crippen LogP) is 2.38. The van der Waals surface area contributed by atoms with E-state index in [0.717, 1.165) is 44.9 Å². The van der Waals surface area contributed by atoms with E-state index in [4.69, 9.17) is 4.74 Å². The van der Waals surface area contributed by atoms with Gasteiger partial charge in [0.05, 0.1) is 12.8 Å². The fourth-order valence-electron chi connectivity index (χ4n) is 4.97. The summed E-state index contributed by atoms with van der Waals surface area (Å²) in [5.41, 5.74) is 1.05. The maximum atomic E-state index is 13.2. The summed E-state index contributed by atoms with van der Waals surface area (Å²) < 4.78 is 5.40. The Hall–Kier alpha value is -2.61. The van der Waals surface area contributed by atoms with Crippen LogP contribution in [0.15, 0.2) is 18.2 Å². The summed E-state index contributed by atoms with van der Waals surface area (Å²) in [7, 11) is 1.53. The lowest BCUT2D eigenvalue weighted by molar-refractivity contribution is -0.120. The van der Waals surface area contributed by atoms with Gasteiger partial charge in [-0.2, -0.15) is 0 Å². The van der Waals surface area contributed by atoms with Gasteiger partial charge in [0, 0.05) is 31.6 Å². The number of piperidine rings is 2. The number of amides is 4. The molecule has 2 N–H and O–H groups in total. The first-order chi connectivity index (χ1) is 15.0. The maximum absolute atomic E-state index is 13.2. The molecule has 0 unspecified atom stereocenters. The van der Waals surface area contributed by atoms with E-state index in [1.807, 2.05) is 4.90 Å². The summed E-state index contributed by atoms with van der Waals surface area (Å²) in [6.45, 7) is 4.07. The Balaban J connectivity index is 1.40. The molecule has 0 spiro atoms. The highest BCUT2D eigenvalue weighted by atomic mass is 16.5. The van der Waals surface area contributed by atoms with Gasteiger partial charge in [-0.15, -0.1) is 0 Å². The topological polar surface area (TPSA) is 91.0 Å². The molecule has 0 saturated carbocycles. The van der Waals surface area contributed by atoms with Crippen molar-refractivity contribution in [3.63, 3.8) is 0 Å². The molecular formula is C23H32N4O4. The molecule has 168 valence electrons. The Labute approximate surface area is 183 Å². The van der Waals surface area contributed by atoms with Crippen molar-refractivity contribution in [1.82, 2.24) is 15.5 Å². The number of hydrogen-bond acceptors (Lipinski definition) is 5. The summed E-state index contributed by atoms with van der Waals surface area (Å²) in [5, 5.41) is 5.75. The number of hydrogen-bond donors (Lipinski definition) is 2. The number of carbonyl (C=O) groups excluding carboxylic acids is 3. The lowest BCUT2D eigenvalue weighted by Gasteiger charge is -2.35. The van der Waals surface area contributed by atoms with Crippen molar-refractivity contribution in [3.8, 4) is 5.75 Å². The van der Waals surface area contributed by atoms with Crippen LogP contribution in [0.25, 0.3) is 0 Å². The molecule has 3 aliphatic heterocycles. The minimum Gasteiger partial charge on any atom is -0.495 e. The number of nitrogens with one attached hydrogen (secondary N) is 2. The molecule has 3 aliphatic rings. The fourth-order valence-corrected chi connectivity index (χ4v) is 4.97. The highest BCUT2D eigenvalue weighted by Gasteiger charge is 2.29. The van der Waals surface area contributed by atoms with E-state index in [2.05, 4.69) is 10.6 Å². The van der Waals surface area contributed by atoms with E-state index in [1.165, 1.54) is 31.3 Å². The Morgan fingerprint density at radius 1 is 1.06 bits per heavy atom. The van der Waals surface area contributed by atoms with Crippen molar-refractivity contribution in [2.75, 3.05) is 44.7 Å². The first-order valence-electron chi connectivity index (χ1n) is 11.3. The number of anilines is 1. The minimum atomic E-state index is -0.488. The Kier molecular flexibility index (Phi) is 6.75. The van der Waals surface area contributed by atoms with Crippen LogP contribution in [-0.2, 0) is 4.79 Å². The van der Waals surface area contributed by atoms with Gasteiger partial charge in [0.15, 0.2) is 0 Å². The number of nitrogens with zero attached hydrogens (tertiary/aromatic N) is 2. The van der Waals surface area contributed by atoms with Crippen LogP contribution in [0.3, 0.4) is 0 Å². The number of urea groups is 1. The Morgan fingerprint density at radius 2 is 1.77 bits per heavy atom. The van der Waals surface area contributed by atoms with Gasteiger partial charge in [0.2, 0.25) is 5.91 Å². The van der Waals surface area contributed by atoms with E-state index >= 15 is 0 Å². The lowest BCUT2D eigenvalue weighted by atomic mass is 9.83. The molecule has 0 radical (unpaired) electrons. The molecule has 1 aromatic rings. The smallest absolute Gasteiger partial charge is 0.328 e. The van der Waals surface area contributed by atoms with E-state index in [-0.39, 0.29) is 24.8 Å². The zero-order chi connectivity index (χ0) is 21.8. The Bertz CT molecular complexity index is 829. The van der Waals surface area contributed by atoms with Crippen LogP contribution in [0, 0.1) is 11.8 Å². The van der Waals surface area contributed by atoms with Gasteiger partial charge in [-0.05, 0) is 75.2 Å². The maximum Gasteiger partial charge on any atom is 0.328 e. The van der Waals surface area contributed by atoms with Crippen LogP contribution in [0.2, 0.25) is 0 Å². The minimum absolute atomic E-state index is 0.0160. The quantitative estimate of drug-likeness (QED) is 0.752. The summed E-state index contributed by atoms with van der Waals surface area (Å²) >= 11 is 0. The number of carbonyl (C=O) groups is 3. The molecule has 1 aromatic carbocycles. The van der Waals surface area contributed by atoms with Gasteiger partial charge >= 0.3 is 6.03 Å². The van der Waals surface area contributed by atoms with Crippen molar-refractivity contribution in [2.45, 2.75) is 38.5 Å². The average molecular weight is 429 g/mol. The van der Waals surface area contributed by atoms with Gasteiger partial charge in [0.25, 0.3) is 5.91 Å². The molecule has 31 heavy (non-hydrogen) atoms. The van der Waals surface area contributed by atoms with E-state index in [1.54, 1.807) is 18.2 Å². The molecule has 3 fully saturated rings. The monoisotopic (exact) mass is 428 g/mol. The largest absolute Gasteiger partial charge is 0.495 e. The second-order valence-corrected chi connectivity index (χ2v) is 8.81. The SMILES string of the molecule is COc1ccc(C(=O)N2CCC(CC3CCNCC3)CC2)cc1N1CCC(=O)NC1=O. The van der Waals surface area contributed by atoms with E-state index < -0.39 is 6.03 Å². The number of benzene rings is 1. The van der Waals surface area contributed by atoms with Crippen LogP contribution in [0.5, 0.6) is 5.75 Å². The average Bonchev–Trinajstić information content (AvgIpc) is 2.79. The number of rotatable bonds is 5. The first-order valence-corrected chi connectivity index (χ1v) is 11.3. The fraction of sp³-hybridized carbons (Fsp3) is 0.609. The van der Waals surface area contributed by atoms with Gasteiger partial charge in [-0.25, -0.2) is 4.79 Å². The van der Waals surface area contributed by atoms with Crippen molar-refractivity contribution in [1.29, 1.82) is 0 Å². The highest BCUT2D eigenvalue weighted by Crippen LogP contribution is 2.32. The van der Waals surface area contributed by atoms with Crippen molar-refractivity contribution in [2.24, 2.45) is 11.8 Å². The van der Waals surface area contributed by atoms with Crippen molar-refractivity contribution < 1.29 is 19.1 Å². The standard InChI is InChI=1S/C23H32N4O4/c1-31-20-3-2-18(15-19(20)27-13-8-21(28)25-23(27)30)22(29)26-11-6-17(7-12-26)14-16-4-9-24-10-5-16/h2-3,15-17,24H,4-14H2,1H3,(H,25,28,30). The Morgan fingerprint density at radius 3 is 2.45 bits per heavy atom. The van der Waals surface area contributed by atoms with Crippen LogP contribution in [0.4, 0.5) is 10.5 Å². The van der Waals surface area contributed by atoms with Crippen LogP contribution >= 0.6 is 0 Å². The molecule has 4 amide bonds. The van der Waals surface area contributed by atoms with Crippen LogP contribution in [0.1, 0.15) is 48.9 Å². The second-order valence-electron chi connectivity index (χ2n) is 8.81. The molecular weight excluding hydrogens is 396 g/mol. The molecule has 0 aromatic heterocycles. The summed E-state index contributed by atoms with van der Waals surface area (Å²) in [4.78, 5) is 40.3. The number of imide groups is 1. The van der Waals surface area contributed by atoms with E-state index in [0.29, 0.717) is 22.9 Å². The summed E-state index contributed by atoms with van der Waals surface area (Å²) in [6, 6.07) is 4.69. The molecule has 0 atom stereocenters. The lowest BCUT2D eigenvalue weighted by Crippen LogP contribution is -2.49. The number of likely N-dealkylation sites (tertiary alicyclic amines) is 1. The first kappa shape index (κ1) is 21.6. The number of ether oxygens (including phenoxy) is 1. The zero-order valence-electron chi connectivity index (χ0n) is 18.2. The van der Waals surface area contributed by atoms with Crippen LogP contribution in [-0.4, -0.2) is 62.6 Å². The summed E-state index contributed by atoms with van der Waals surface area (Å²) in [5.74, 6) is 1.72. The highest BCUT2D eigenvalue weighted by molar-refractivity contribution is 6.07. The van der Waals surface area contributed by atoms with Gasteiger partial charge in [-0.3, -0.25) is 19.8 Å². The second kappa shape index (κ2) is 9.68. The van der Waals surface area contributed by atoms with Gasteiger partial charge < -0.3 is 15.0 Å². The van der Waals surface area contributed by atoms with Crippen LogP contribution < -0.4 is 20.3 Å². The van der Waals surface area contributed by atoms with Crippen molar-refractivity contribution in [3.05, 3.63) is 23.8 Å². The molecule has 0 aliphatic carbocycles. The van der Waals surface area contributed by atoms with E-state index in [9.17, 15) is 14.4 Å². The molecule has 3 heterocycles. The third-order valence-electron chi connectivity index (χ3n) is 6.80. The van der Waals surface area contributed by atoms with Gasteiger partial charge in [-0.1, -0.05) is 0 Å². The molecule has 8 heteroatoms. The molecule has 8 nitrogen and oxygen atoms in total. The predicted molar refractivity (Wildman–Crippen MR) is 117 cm³/mol. The van der Waals surface area contributed by atoms with Gasteiger partial charge in [0.1, 0.15) is 5.75 Å². The third kappa shape index (κ3) is 5.01. The third-order valence-corrected chi connectivity index (χ3v) is 6.80. The summed E-state index contributed by atoms with van der Waals surface area (Å²) in [6.07, 6.45) is 6.13. The molecule has 0 bridgehead atoms. The van der Waals surface area contributed by atoms with Crippen molar-refractivity contribution >= 4 is 23.5 Å². The zero-order valence-corrected chi connectivity index (χ0v) is 18.2.